The van der Waals surface area contributed by atoms with Gasteiger partial charge >= 0.3 is 11.8 Å². The first kappa shape index (κ1) is 16.6. The molecule has 7 heteroatoms. The van der Waals surface area contributed by atoms with Gasteiger partial charge in [-0.2, -0.15) is 0 Å². The number of nitrogens with one attached hydrogen (secondary N) is 2. The Morgan fingerprint density at radius 3 is 2.62 bits per heavy atom. The first-order chi connectivity index (χ1) is 11.6. The van der Waals surface area contributed by atoms with E-state index in [0.29, 0.717) is 6.54 Å². The van der Waals surface area contributed by atoms with Gasteiger partial charge in [-0.05, 0) is 28.3 Å². The molecule has 0 aliphatic heterocycles. The van der Waals surface area contributed by atoms with Crippen LogP contribution >= 0.6 is 22.7 Å². The second-order valence-electron chi connectivity index (χ2n) is 5.18. The van der Waals surface area contributed by atoms with Crippen LogP contribution in [-0.4, -0.2) is 23.5 Å². The highest BCUT2D eigenvalue weighted by molar-refractivity contribution is 7.17. The van der Waals surface area contributed by atoms with Crippen molar-refractivity contribution in [3.63, 3.8) is 0 Å². The SMILES string of the molecule is O=C(NCc1cccs1)C(=O)NCC(O)c1csc2ccccc12. The van der Waals surface area contributed by atoms with Crippen LogP contribution < -0.4 is 10.6 Å². The third kappa shape index (κ3) is 3.81. The summed E-state index contributed by atoms with van der Waals surface area (Å²) in [4.78, 5) is 24.5. The molecule has 3 aromatic rings. The number of hydrogen-bond donors (Lipinski definition) is 3. The number of hydrogen-bond acceptors (Lipinski definition) is 5. The average Bonchev–Trinajstić information content (AvgIpc) is 3.26. The van der Waals surface area contributed by atoms with Gasteiger partial charge in [0.2, 0.25) is 0 Å². The summed E-state index contributed by atoms with van der Waals surface area (Å²) < 4.78 is 1.08. The van der Waals surface area contributed by atoms with Crippen molar-refractivity contribution in [1.29, 1.82) is 0 Å². The summed E-state index contributed by atoms with van der Waals surface area (Å²) in [5, 5.41) is 20.0. The molecular formula is C17H16N2O3S2. The van der Waals surface area contributed by atoms with Crippen molar-refractivity contribution in [1.82, 2.24) is 10.6 Å². The minimum absolute atomic E-state index is 0.00795. The Kier molecular flexibility index (Phi) is 5.24. The molecule has 0 aliphatic carbocycles. The monoisotopic (exact) mass is 360 g/mol. The number of carbonyl (C=O) groups is 2. The lowest BCUT2D eigenvalue weighted by Crippen LogP contribution is -2.41. The third-order valence-corrected chi connectivity index (χ3v) is 5.39. The molecule has 0 saturated heterocycles. The maximum Gasteiger partial charge on any atom is 0.309 e. The summed E-state index contributed by atoms with van der Waals surface area (Å²) in [6.45, 7) is 0.313. The summed E-state index contributed by atoms with van der Waals surface area (Å²) in [6, 6.07) is 11.5. The molecule has 1 aromatic carbocycles. The van der Waals surface area contributed by atoms with Crippen LogP contribution in [0.4, 0.5) is 0 Å². The highest BCUT2D eigenvalue weighted by atomic mass is 32.1. The van der Waals surface area contributed by atoms with Crippen molar-refractivity contribution in [3.05, 3.63) is 57.6 Å². The van der Waals surface area contributed by atoms with Crippen LogP contribution in [-0.2, 0) is 16.1 Å². The molecule has 0 spiro atoms. The van der Waals surface area contributed by atoms with Gasteiger partial charge in [-0.1, -0.05) is 24.3 Å². The van der Waals surface area contributed by atoms with Gasteiger partial charge < -0.3 is 15.7 Å². The van der Waals surface area contributed by atoms with Gasteiger partial charge in [0.05, 0.1) is 12.6 Å². The predicted octanol–water partition coefficient (Wildman–Crippen LogP) is 2.43. The van der Waals surface area contributed by atoms with E-state index in [9.17, 15) is 14.7 Å². The van der Waals surface area contributed by atoms with Crippen molar-refractivity contribution >= 4 is 44.6 Å². The molecule has 3 N–H and O–H groups in total. The molecule has 2 heterocycles. The largest absolute Gasteiger partial charge is 0.387 e. The molecule has 0 bridgehead atoms. The number of thiophene rings is 2. The summed E-state index contributed by atoms with van der Waals surface area (Å²) in [6.07, 6.45) is -0.852. The minimum atomic E-state index is -0.852. The van der Waals surface area contributed by atoms with E-state index in [-0.39, 0.29) is 6.54 Å². The van der Waals surface area contributed by atoms with Crippen LogP contribution in [0.3, 0.4) is 0 Å². The average molecular weight is 360 g/mol. The molecule has 0 saturated carbocycles. The van der Waals surface area contributed by atoms with Gasteiger partial charge in [-0.3, -0.25) is 9.59 Å². The Balaban J connectivity index is 1.52. The zero-order valence-corrected chi connectivity index (χ0v) is 14.3. The van der Waals surface area contributed by atoms with Gasteiger partial charge in [0.25, 0.3) is 0 Å². The van der Waals surface area contributed by atoms with Crippen LogP contribution in [0.5, 0.6) is 0 Å². The molecule has 0 fully saturated rings. The van der Waals surface area contributed by atoms with Gasteiger partial charge in [-0.15, -0.1) is 22.7 Å². The van der Waals surface area contributed by atoms with E-state index >= 15 is 0 Å². The molecule has 5 nitrogen and oxygen atoms in total. The maximum absolute atomic E-state index is 11.8. The quantitative estimate of drug-likeness (QED) is 0.612. The second kappa shape index (κ2) is 7.57. The number of aliphatic hydroxyl groups excluding tert-OH is 1. The summed E-state index contributed by atoms with van der Waals surface area (Å²) in [5.41, 5.74) is 0.759. The Bertz CT molecular complexity index is 843. The van der Waals surface area contributed by atoms with E-state index in [4.69, 9.17) is 0 Å². The number of rotatable bonds is 5. The van der Waals surface area contributed by atoms with Crippen molar-refractivity contribution in [2.75, 3.05) is 6.54 Å². The van der Waals surface area contributed by atoms with Crippen LogP contribution in [0.1, 0.15) is 16.5 Å². The van der Waals surface area contributed by atoms with Crippen molar-refractivity contribution < 1.29 is 14.7 Å². The van der Waals surface area contributed by atoms with Crippen molar-refractivity contribution in [2.24, 2.45) is 0 Å². The molecule has 0 radical (unpaired) electrons. The van der Waals surface area contributed by atoms with Gasteiger partial charge in [-0.25, -0.2) is 0 Å². The standard InChI is InChI=1S/C17H16N2O3S2/c20-14(13-10-24-15-6-2-1-5-12(13)15)9-19-17(22)16(21)18-8-11-4-3-7-23-11/h1-7,10,14,20H,8-9H2,(H,18,21)(H,19,22). The Morgan fingerprint density at radius 1 is 1.04 bits per heavy atom. The number of aliphatic hydroxyl groups is 1. The smallest absolute Gasteiger partial charge is 0.309 e. The zero-order valence-electron chi connectivity index (χ0n) is 12.7. The Labute approximate surface area is 146 Å². The lowest BCUT2D eigenvalue weighted by Gasteiger charge is -2.11. The first-order valence-electron chi connectivity index (χ1n) is 7.38. The van der Waals surface area contributed by atoms with Gasteiger partial charge in [0, 0.05) is 21.7 Å². The van der Waals surface area contributed by atoms with E-state index in [2.05, 4.69) is 10.6 Å². The van der Waals surface area contributed by atoms with Gasteiger partial charge in [0.1, 0.15) is 0 Å². The molecule has 2 aromatic heterocycles. The minimum Gasteiger partial charge on any atom is -0.387 e. The predicted molar refractivity (Wildman–Crippen MR) is 96.0 cm³/mol. The number of fused-ring (bicyclic) bond motifs is 1. The molecule has 3 rings (SSSR count). The summed E-state index contributed by atoms with van der Waals surface area (Å²) in [5.74, 6) is -1.45. The summed E-state index contributed by atoms with van der Waals surface area (Å²) >= 11 is 3.05. The van der Waals surface area contributed by atoms with E-state index in [0.717, 1.165) is 20.5 Å². The molecule has 2 amide bonds. The highest BCUT2D eigenvalue weighted by Gasteiger charge is 2.17. The first-order valence-corrected chi connectivity index (χ1v) is 9.13. The van der Waals surface area contributed by atoms with E-state index in [1.165, 1.54) is 22.7 Å². The fraction of sp³-hybridized carbons (Fsp3) is 0.176. The normalized spacial score (nSPS) is 12.0. The molecule has 1 atom stereocenters. The fourth-order valence-corrected chi connectivity index (χ4v) is 3.95. The number of carbonyl (C=O) groups excluding carboxylic acids is 2. The molecule has 124 valence electrons. The Morgan fingerprint density at radius 2 is 1.83 bits per heavy atom. The second-order valence-corrected chi connectivity index (χ2v) is 7.12. The lowest BCUT2D eigenvalue weighted by molar-refractivity contribution is -0.139. The topological polar surface area (TPSA) is 78.4 Å². The number of amides is 2. The molecule has 1 unspecified atom stereocenters. The van der Waals surface area contributed by atoms with Crippen molar-refractivity contribution in [2.45, 2.75) is 12.6 Å². The van der Waals surface area contributed by atoms with Gasteiger partial charge in [0.15, 0.2) is 0 Å². The van der Waals surface area contributed by atoms with Crippen LogP contribution in [0, 0.1) is 0 Å². The maximum atomic E-state index is 11.8. The molecular weight excluding hydrogens is 344 g/mol. The molecule has 24 heavy (non-hydrogen) atoms. The fourth-order valence-electron chi connectivity index (χ4n) is 2.30. The highest BCUT2D eigenvalue weighted by Crippen LogP contribution is 2.29. The van der Waals surface area contributed by atoms with Crippen LogP contribution in [0.2, 0.25) is 0 Å². The van der Waals surface area contributed by atoms with E-state index < -0.39 is 17.9 Å². The van der Waals surface area contributed by atoms with Crippen LogP contribution in [0.25, 0.3) is 10.1 Å². The summed E-state index contributed by atoms with van der Waals surface area (Å²) in [7, 11) is 0. The third-order valence-electron chi connectivity index (χ3n) is 3.54. The Hall–Kier alpha value is -2.22. The van der Waals surface area contributed by atoms with E-state index in [1.807, 2.05) is 47.2 Å². The zero-order chi connectivity index (χ0) is 16.9. The number of benzene rings is 1. The van der Waals surface area contributed by atoms with Crippen molar-refractivity contribution in [3.8, 4) is 0 Å². The molecule has 0 aliphatic rings. The lowest BCUT2D eigenvalue weighted by atomic mass is 10.1. The van der Waals surface area contributed by atoms with E-state index in [1.54, 1.807) is 0 Å². The van der Waals surface area contributed by atoms with Crippen LogP contribution in [0.15, 0.2) is 47.2 Å².